The summed E-state index contributed by atoms with van der Waals surface area (Å²) in [6.45, 7) is 1.44. The number of hydrogen-bond donors (Lipinski definition) is 1. The van der Waals surface area contributed by atoms with Crippen LogP contribution in [0.15, 0.2) is 77.3 Å². The predicted molar refractivity (Wildman–Crippen MR) is 165 cm³/mol. The molecule has 0 spiro atoms. The van der Waals surface area contributed by atoms with E-state index < -0.39 is 18.1 Å². The van der Waals surface area contributed by atoms with Gasteiger partial charge in [-0.3, -0.25) is 9.59 Å². The first kappa shape index (κ1) is 30.9. The lowest BCUT2D eigenvalue weighted by Crippen LogP contribution is -2.38. The van der Waals surface area contributed by atoms with Gasteiger partial charge in [0.05, 0.1) is 40.4 Å². The number of hydrogen-bond acceptors (Lipinski definition) is 7. The second-order valence-electron chi connectivity index (χ2n) is 9.65. The van der Waals surface area contributed by atoms with E-state index in [1.165, 1.54) is 13.0 Å². The van der Waals surface area contributed by atoms with Gasteiger partial charge < -0.3 is 29.0 Å². The Balaban J connectivity index is 1.64. The molecule has 1 heterocycles. The van der Waals surface area contributed by atoms with E-state index in [-0.39, 0.29) is 17.8 Å². The molecule has 1 amide bonds. The number of amides is 1. The lowest BCUT2D eigenvalue weighted by molar-refractivity contribution is -0.122. The van der Waals surface area contributed by atoms with Crippen LogP contribution < -0.4 is 24.3 Å². The highest BCUT2D eigenvalue weighted by Crippen LogP contribution is 2.40. The predicted octanol–water partition coefficient (Wildman–Crippen LogP) is 6.04. The standard InChI is InChI=1S/C33H34BrNO7/c1-20(36)35-32(23-7-6-8-24(34)19-23)31(25(37)13-9-21-10-14-26(38-2)29(17-21)40-4)33-28(42-33)16-12-22-11-15-27(39-3)30(18-22)41-5/h6-19,28,31-33H,1-5H3,(H,35,36)/b13-9+,16-12+. The monoisotopic (exact) mass is 635 g/mol. The number of rotatable bonds is 13. The Kier molecular flexibility index (Phi) is 10.4. The van der Waals surface area contributed by atoms with E-state index in [2.05, 4.69) is 21.2 Å². The lowest BCUT2D eigenvalue weighted by Gasteiger charge is -2.25. The molecule has 1 N–H and O–H groups in total. The van der Waals surface area contributed by atoms with Gasteiger partial charge >= 0.3 is 0 Å². The van der Waals surface area contributed by atoms with E-state index in [4.69, 9.17) is 23.7 Å². The molecule has 220 valence electrons. The van der Waals surface area contributed by atoms with Crippen molar-refractivity contribution in [3.05, 3.63) is 94.0 Å². The zero-order valence-electron chi connectivity index (χ0n) is 24.1. The Morgan fingerprint density at radius 3 is 1.98 bits per heavy atom. The van der Waals surface area contributed by atoms with Crippen molar-refractivity contribution in [2.75, 3.05) is 28.4 Å². The number of nitrogens with one attached hydrogen (secondary N) is 1. The fourth-order valence-corrected chi connectivity index (χ4v) is 5.22. The number of ether oxygens (including phenoxy) is 5. The first-order valence-corrected chi connectivity index (χ1v) is 14.1. The fraction of sp³-hybridized carbons (Fsp3) is 0.273. The first-order chi connectivity index (χ1) is 20.3. The third-order valence-electron chi connectivity index (χ3n) is 6.90. The number of epoxide rings is 1. The molecule has 3 aromatic carbocycles. The molecule has 0 aromatic heterocycles. The van der Waals surface area contributed by atoms with Crippen LogP contribution in [0.1, 0.15) is 29.7 Å². The summed E-state index contributed by atoms with van der Waals surface area (Å²) in [7, 11) is 6.30. The highest BCUT2D eigenvalue weighted by Gasteiger charge is 2.49. The molecule has 0 bridgehead atoms. The smallest absolute Gasteiger partial charge is 0.217 e. The molecule has 42 heavy (non-hydrogen) atoms. The second-order valence-corrected chi connectivity index (χ2v) is 10.6. The molecule has 3 aromatic rings. The van der Waals surface area contributed by atoms with Crippen LogP contribution in [0, 0.1) is 5.92 Å². The number of halogens is 1. The van der Waals surface area contributed by atoms with E-state index in [9.17, 15) is 9.59 Å². The molecule has 1 fully saturated rings. The molecule has 9 heteroatoms. The second kappa shape index (κ2) is 14.2. The van der Waals surface area contributed by atoms with E-state index in [0.29, 0.717) is 23.0 Å². The summed E-state index contributed by atoms with van der Waals surface area (Å²) in [5, 5.41) is 2.99. The molecule has 1 saturated heterocycles. The van der Waals surface area contributed by atoms with Crippen molar-refractivity contribution in [2.24, 2.45) is 5.92 Å². The molecular weight excluding hydrogens is 602 g/mol. The number of benzene rings is 3. The number of carbonyl (C=O) groups is 2. The van der Waals surface area contributed by atoms with Crippen molar-refractivity contribution in [3.8, 4) is 23.0 Å². The summed E-state index contributed by atoms with van der Waals surface area (Å²) in [5.74, 6) is 1.26. The highest BCUT2D eigenvalue weighted by molar-refractivity contribution is 9.10. The largest absolute Gasteiger partial charge is 0.493 e. The Morgan fingerprint density at radius 2 is 1.43 bits per heavy atom. The molecule has 4 rings (SSSR count). The molecule has 0 saturated carbocycles. The maximum atomic E-state index is 13.9. The first-order valence-electron chi connectivity index (χ1n) is 13.3. The summed E-state index contributed by atoms with van der Waals surface area (Å²) in [5.41, 5.74) is 2.44. The van der Waals surface area contributed by atoms with Crippen molar-refractivity contribution in [1.82, 2.24) is 5.32 Å². The number of methoxy groups -OCH3 is 4. The van der Waals surface area contributed by atoms with Gasteiger partial charge in [0.15, 0.2) is 28.8 Å². The van der Waals surface area contributed by atoms with Crippen molar-refractivity contribution in [3.63, 3.8) is 0 Å². The van der Waals surface area contributed by atoms with Crippen LogP contribution in [0.25, 0.3) is 12.2 Å². The van der Waals surface area contributed by atoms with E-state index in [0.717, 1.165) is 21.2 Å². The molecule has 4 unspecified atom stereocenters. The van der Waals surface area contributed by atoms with Gasteiger partial charge in [-0.2, -0.15) is 0 Å². The average molecular weight is 637 g/mol. The van der Waals surface area contributed by atoms with Gasteiger partial charge in [0.1, 0.15) is 12.2 Å². The topological polar surface area (TPSA) is 95.6 Å². The zero-order chi connectivity index (χ0) is 30.2. The third kappa shape index (κ3) is 7.60. The minimum absolute atomic E-state index is 0.185. The lowest BCUT2D eigenvalue weighted by atomic mass is 9.85. The normalized spacial score (nSPS) is 17.5. The number of ketones is 1. The van der Waals surface area contributed by atoms with Crippen LogP contribution in [-0.2, 0) is 14.3 Å². The minimum atomic E-state index is -0.695. The minimum Gasteiger partial charge on any atom is -0.493 e. The summed E-state index contributed by atoms with van der Waals surface area (Å²) in [4.78, 5) is 26.2. The maximum absolute atomic E-state index is 13.9. The Hall–Kier alpha value is -4.08. The SMILES string of the molecule is COc1ccc(/C=C/C(=O)C(C(NC(C)=O)c2cccc(Br)c2)C2OC2/C=C/c2ccc(OC)c(OC)c2)cc1OC. The zero-order valence-corrected chi connectivity index (χ0v) is 25.7. The van der Waals surface area contributed by atoms with Gasteiger partial charge in [-0.05, 0) is 59.2 Å². The molecule has 0 aliphatic carbocycles. The van der Waals surface area contributed by atoms with Crippen molar-refractivity contribution in [1.29, 1.82) is 0 Å². The van der Waals surface area contributed by atoms with Crippen LogP contribution in [0.2, 0.25) is 0 Å². The molecule has 0 radical (unpaired) electrons. The van der Waals surface area contributed by atoms with Crippen LogP contribution >= 0.6 is 15.9 Å². The van der Waals surface area contributed by atoms with Gasteiger partial charge in [0, 0.05) is 11.4 Å². The summed E-state index contributed by atoms with van der Waals surface area (Å²) >= 11 is 3.51. The van der Waals surface area contributed by atoms with Gasteiger partial charge in [-0.1, -0.05) is 58.4 Å². The number of carbonyl (C=O) groups excluding carboxylic acids is 2. The molecule has 1 aliphatic heterocycles. The summed E-state index contributed by atoms with van der Waals surface area (Å²) in [6, 6.07) is 17.9. The van der Waals surface area contributed by atoms with Gasteiger partial charge in [-0.25, -0.2) is 0 Å². The number of allylic oxidation sites excluding steroid dienone is 1. The summed E-state index contributed by atoms with van der Waals surface area (Å²) in [6.07, 6.45) is 6.29. The third-order valence-corrected chi connectivity index (χ3v) is 7.40. The molecule has 1 aliphatic rings. The van der Waals surface area contributed by atoms with Gasteiger partial charge in [-0.15, -0.1) is 0 Å². The van der Waals surface area contributed by atoms with Crippen molar-refractivity contribution < 1.29 is 33.3 Å². The van der Waals surface area contributed by atoms with E-state index >= 15 is 0 Å². The van der Waals surface area contributed by atoms with Crippen molar-refractivity contribution in [2.45, 2.75) is 25.2 Å². The quantitative estimate of drug-likeness (QED) is 0.181. The van der Waals surface area contributed by atoms with Crippen LogP contribution in [-0.4, -0.2) is 52.3 Å². The fourth-order valence-electron chi connectivity index (χ4n) is 4.80. The highest BCUT2D eigenvalue weighted by atomic mass is 79.9. The van der Waals surface area contributed by atoms with Crippen molar-refractivity contribution >= 4 is 39.8 Å². The molecule has 8 nitrogen and oxygen atoms in total. The maximum Gasteiger partial charge on any atom is 0.217 e. The summed E-state index contributed by atoms with van der Waals surface area (Å²) < 4.78 is 28.3. The molecule has 4 atom stereocenters. The Morgan fingerprint density at radius 1 is 0.833 bits per heavy atom. The van der Waals surface area contributed by atoms with E-state index in [1.807, 2.05) is 60.7 Å². The molecular formula is C33H34BrNO7. The van der Waals surface area contributed by atoms with E-state index in [1.54, 1.807) is 46.6 Å². The average Bonchev–Trinajstić information content (AvgIpc) is 3.76. The van der Waals surface area contributed by atoms with Gasteiger partial charge in [0.2, 0.25) is 5.91 Å². The van der Waals surface area contributed by atoms with Crippen LogP contribution in [0.5, 0.6) is 23.0 Å². The van der Waals surface area contributed by atoms with Gasteiger partial charge in [0.25, 0.3) is 0 Å². The van der Waals surface area contributed by atoms with Crippen LogP contribution in [0.3, 0.4) is 0 Å². The Labute approximate surface area is 254 Å². The van der Waals surface area contributed by atoms with Crippen LogP contribution in [0.4, 0.5) is 0 Å². The Bertz CT molecular complexity index is 1480.